The maximum atomic E-state index is 12.4. The summed E-state index contributed by atoms with van der Waals surface area (Å²) in [5.41, 5.74) is 0.415. The van der Waals surface area contributed by atoms with Crippen molar-refractivity contribution in [3.8, 4) is 0 Å². The third-order valence-electron chi connectivity index (χ3n) is 3.18. The number of hydrogen-bond acceptors (Lipinski definition) is 4. The van der Waals surface area contributed by atoms with E-state index < -0.39 is 24.0 Å². The third-order valence-corrected chi connectivity index (χ3v) is 3.74. The lowest BCUT2D eigenvalue weighted by Gasteiger charge is -2.18. The highest BCUT2D eigenvalue weighted by atomic mass is 35.5. The van der Waals surface area contributed by atoms with E-state index in [1.165, 1.54) is 25.2 Å². The maximum absolute atomic E-state index is 12.4. The first-order valence-corrected chi connectivity index (χ1v) is 7.91. The van der Waals surface area contributed by atoms with Crippen molar-refractivity contribution in [3.05, 3.63) is 69.7 Å². The molecule has 2 aromatic rings. The molecule has 0 radical (unpaired) electrons. The van der Waals surface area contributed by atoms with Gasteiger partial charge in [-0.25, -0.2) is 9.59 Å². The topological polar surface area (TPSA) is 84.5 Å². The highest BCUT2D eigenvalue weighted by Crippen LogP contribution is 2.25. The van der Waals surface area contributed by atoms with Crippen molar-refractivity contribution in [1.82, 2.24) is 10.6 Å². The van der Waals surface area contributed by atoms with Gasteiger partial charge in [0.2, 0.25) is 6.10 Å². The molecule has 130 valence electrons. The van der Waals surface area contributed by atoms with Crippen molar-refractivity contribution in [1.29, 1.82) is 0 Å². The number of benzene rings is 2. The first kappa shape index (κ1) is 18.8. The lowest BCUT2D eigenvalue weighted by molar-refractivity contribution is -0.129. The second-order valence-electron chi connectivity index (χ2n) is 4.89. The Kier molecular flexibility index (Phi) is 6.38. The van der Waals surface area contributed by atoms with Gasteiger partial charge in [-0.05, 0) is 18.2 Å². The summed E-state index contributed by atoms with van der Waals surface area (Å²) in [6.07, 6.45) is -1.33. The molecule has 1 atom stereocenters. The summed E-state index contributed by atoms with van der Waals surface area (Å²) in [6.45, 7) is 0. The van der Waals surface area contributed by atoms with E-state index in [-0.39, 0.29) is 10.6 Å². The molecule has 0 aliphatic heterocycles. The largest absolute Gasteiger partial charge is 0.444 e. The van der Waals surface area contributed by atoms with Crippen LogP contribution in [0.15, 0.2) is 48.5 Å². The molecule has 2 N–H and O–H groups in total. The van der Waals surface area contributed by atoms with Gasteiger partial charge in [0.1, 0.15) is 0 Å². The Morgan fingerprint density at radius 2 is 1.72 bits per heavy atom. The number of imide groups is 1. The average molecular weight is 381 g/mol. The fraction of sp³-hybridized carbons (Fsp3) is 0.118. The van der Waals surface area contributed by atoms with Crippen LogP contribution < -0.4 is 10.6 Å². The van der Waals surface area contributed by atoms with Crippen LogP contribution in [0.3, 0.4) is 0 Å². The monoisotopic (exact) mass is 380 g/mol. The Balaban J connectivity index is 2.29. The summed E-state index contributed by atoms with van der Waals surface area (Å²) < 4.78 is 5.29. The Labute approximate surface area is 154 Å². The van der Waals surface area contributed by atoms with E-state index in [1.807, 2.05) is 0 Å². The number of carbonyl (C=O) groups excluding carboxylic acids is 3. The second kappa shape index (κ2) is 8.50. The molecule has 2 rings (SSSR count). The number of ether oxygens (including phenoxy) is 1. The zero-order valence-electron chi connectivity index (χ0n) is 13.1. The standard InChI is InChI=1S/C17H14Cl2N2O4/c1-20-17(24)21-15(22)14(10-5-3-2-4-6-10)25-16(23)12-9-11(18)7-8-13(12)19/h2-9,14H,1H3,(H2,20,21,22,24)/t14-/m0/s1. The number of amides is 3. The van der Waals surface area contributed by atoms with Crippen molar-refractivity contribution < 1.29 is 19.1 Å². The lowest BCUT2D eigenvalue weighted by Crippen LogP contribution is -2.41. The van der Waals surface area contributed by atoms with Crippen molar-refractivity contribution in [2.75, 3.05) is 7.05 Å². The summed E-state index contributed by atoms with van der Waals surface area (Å²) in [6, 6.07) is 11.9. The number of hydrogen-bond donors (Lipinski definition) is 2. The van der Waals surface area contributed by atoms with Crippen LogP contribution in [0.2, 0.25) is 10.0 Å². The van der Waals surface area contributed by atoms with Crippen LogP contribution >= 0.6 is 23.2 Å². The van der Waals surface area contributed by atoms with Gasteiger partial charge in [0, 0.05) is 17.6 Å². The van der Waals surface area contributed by atoms with Gasteiger partial charge < -0.3 is 10.1 Å². The third kappa shape index (κ3) is 4.95. The molecule has 0 bridgehead atoms. The molecule has 0 saturated heterocycles. The number of urea groups is 1. The van der Waals surface area contributed by atoms with Crippen molar-refractivity contribution in [2.45, 2.75) is 6.10 Å². The fourth-order valence-electron chi connectivity index (χ4n) is 1.97. The molecule has 0 fully saturated rings. The SMILES string of the molecule is CNC(=O)NC(=O)[C@@H](OC(=O)c1cc(Cl)ccc1Cl)c1ccccc1. The first-order chi connectivity index (χ1) is 11.9. The normalized spacial score (nSPS) is 11.3. The molecule has 25 heavy (non-hydrogen) atoms. The molecule has 2 aromatic carbocycles. The van der Waals surface area contributed by atoms with Crippen LogP contribution in [0.5, 0.6) is 0 Å². The molecule has 8 heteroatoms. The van der Waals surface area contributed by atoms with Crippen LogP contribution in [0.25, 0.3) is 0 Å². The van der Waals surface area contributed by atoms with Crippen LogP contribution in [0.1, 0.15) is 22.0 Å². The quantitative estimate of drug-likeness (QED) is 0.796. The van der Waals surface area contributed by atoms with Gasteiger partial charge in [0.15, 0.2) is 0 Å². The van der Waals surface area contributed by atoms with E-state index in [9.17, 15) is 14.4 Å². The van der Waals surface area contributed by atoms with E-state index in [0.717, 1.165) is 0 Å². The molecule has 0 aliphatic carbocycles. The second-order valence-corrected chi connectivity index (χ2v) is 5.73. The molecule has 0 aromatic heterocycles. The summed E-state index contributed by atoms with van der Waals surface area (Å²) in [4.78, 5) is 36.1. The Morgan fingerprint density at radius 1 is 1.04 bits per heavy atom. The van der Waals surface area contributed by atoms with Gasteiger partial charge in [-0.1, -0.05) is 53.5 Å². The Hall–Kier alpha value is -2.57. The van der Waals surface area contributed by atoms with E-state index in [0.29, 0.717) is 10.6 Å². The zero-order chi connectivity index (χ0) is 18.4. The van der Waals surface area contributed by atoms with Crippen LogP contribution in [0, 0.1) is 0 Å². The molecule has 0 aliphatic rings. The molecule has 0 heterocycles. The molecule has 0 saturated carbocycles. The van der Waals surface area contributed by atoms with Crippen LogP contribution in [0.4, 0.5) is 4.79 Å². The minimum atomic E-state index is -1.33. The average Bonchev–Trinajstić information content (AvgIpc) is 2.61. The summed E-state index contributed by atoms with van der Waals surface area (Å²) >= 11 is 11.8. The van der Waals surface area contributed by atoms with Gasteiger partial charge in [-0.2, -0.15) is 0 Å². The van der Waals surface area contributed by atoms with E-state index in [2.05, 4.69) is 10.6 Å². The Morgan fingerprint density at radius 3 is 2.36 bits per heavy atom. The van der Waals surface area contributed by atoms with Crippen molar-refractivity contribution in [3.63, 3.8) is 0 Å². The molecule has 0 spiro atoms. The number of rotatable bonds is 4. The minimum absolute atomic E-state index is 0.0165. The minimum Gasteiger partial charge on any atom is -0.444 e. The summed E-state index contributed by atoms with van der Waals surface area (Å²) in [5, 5.41) is 4.77. The van der Waals surface area contributed by atoms with Crippen LogP contribution in [-0.2, 0) is 9.53 Å². The predicted octanol–water partition coefficient (Wildman–Crippen LogP) is 3.35. The first-order valence-electron chi connectivity index (χ1n) is 7.16. The summed E-state index contributed by atoms with van der Waals surface area (Å²) in [5.74, 6) is -1.63. The highest BCUT2D eigenvalue weighted by Gasteiger charge is 2.27. The van der Waals surface area contributed by atoms with E-state index >= 15 is 0 Å². The highest BCUT2D eigenvalue weighted by molar-refractivity contribution is 6.35. The summed E-state index contributed by atoms with van der Waals surface area (Å²) in [7, 11) is 1.36. The number of nitrogens with one attached hydrogen (secondary N) is 2. The van der Waals surface area contributed by atoms with Gasteiger partial charge in [-0.3, -0.25) is 10.1 Å². The predicted molar refractivity (Wildman–Crippen MR) is 93.7 cm³/mol. The number of carbonyl (C=O) groups is 3. The van der Waals surface area contributed by atoms with Gasteiger partial charge in [0.25, 0.3) is 5.91 Å². The van der Waals surface area contributed by atoms with Gasteiger partial charge in [0.05, 0.1) is 10.6 Å². The smallest absolute Gasteiger partial charge is 0.340 e. The zero-order valence-corrected chi connectivity index (χ0v) is 14.6. The lowest BCUT2D eigenvalue weighted by atomic mass is 10.1. The molecule has 0 unspecified atom stereocenters. The van der Waals surface area contributed by atoms with E-state index in [1.54, 1.807) is 30.3 Å². The molecule has 3 amide bonds. The Bertz CT molecular complexity index is 796. The van der Waals surface area contributed by atoms with Crippen LogP contribution in [-0.4, -0.2) is 25.0 Å². The fourth-order valence-corrected chi connectivity index (χ4v) is 2.33. The van der Waals surface area contributed by atoms with Crippen molar-refractivity contribution >= 4 is 41.1 Å². The number of halogens is 2. The molecular weight excluding hydrogens is 367 g/mol. The van der Waals surface area contributed by atoms with Gasteiger partial charge in [-0.15, -0.1) is 0 Å². The maximum Gasteiger partial charge on any atom is 0.340 e. The molecular formula is C17H14Cl2N2O4. The molecule has 6 nitrogen and oxygen atoms in total. The number of esters is 1. The van der Waals surface area contributed by atoms with Gasteiger partial charge >= 0.3 is 12.0 Å². The van der Waals surface area contributed by atoms with E-state index in [4.69, 9.17) is 27.9 Å². The van der Waals surface area contributed by atoms with Crippen molar-refractivity contribution in [2.24, 2.45) is 0 Å².